The maximum atomic E-state index is 12.5. The zero-order chi connectivity index (χ0) is 16.4. The lowest BCUT2D eigenvalue weighted by molar-refractivity contribution is -0.115. The fraction of sp³-hybridized carbons (Fsp3) is 0.333. The van der Waals surface area contributed by atoms with Crippen molar-refractivity contribution in [3.63, 3.8) is 0 Å². The van der Waals surface area contributed by atoms with Crippen molar-refractivity contribution in [3.05, 3.63) is 47.4 Å². The number of thioether (sulfide) groups is 1. The fourth-order valence-electron chi connectivity index (χ4n) is 2.99. The van der Waals surface area contributed by atoms with E-state index in [1.54, 1.807) is 11.8 Å². The van der Waals surface area contributed by atoms with Gasteiger partial charge in [0.05, 0.1) is 10.2 Å². The molecule has 1 aromatic heterocycles. The number of thiazole rings is 1. The summed E-state index contributed by atoms with van der Waals surface area (Å²) in [4.78, 5) is 18.2. The van der Waals surface area contributed by atoms with E-state index in [9.17, 15) is 4.79 Å². The van der Waals surface area contributed by atoms with Crippen molar-refractivity contribution >= 4 is 44.4 Å². The topological polar surface area (TPSA) is 54.0 Å². The van der Waals surface area contributed by atoms with E-state index in [0.29, 0.717) is 11.0 Å². The Morgan fingerprint density at radius 3 is 2.96 bits per heavy atom. The molecule has 0 aliphatic carbocycles. The number of allylic oxidation sites excluding steroid dienone is 2. The van der Waals surface area contributed by atoms with Gasteiger partial charge in [-0.1, -0.05) is 41.7 Å². The van der Waals surface area contributed by atoms with Crippen LogP contribution in [-0.2, 0) is 4.79 Å². The summed E-state index contributed by atoms with van der Waals surface area (Å²) >= 11 is 3.15. The van der Waals surface area contributed by atoms with Gasteiger partial charge in [-0.3, -0.25) is 4.79 Å². The van der Waals surface area contributed by atoms with Crippen molar-refractivity contribution in [2.45, 2.75) is 18.1 Å². The Morgan fingerprint density at radius 2 is 2.12 bits per heavy atom. The van der Waals surface area contributed by atoms with E-state index in [2.05, 4.69) is 27.8 Å². The third kappa shape index (κ3) is 3.55. The number of hydrogen-bond acceptors (Lipinski definition) is 5. The molecule has 3 heterocycles. The number of amides is 1. The molecule has 4 rings (SSSR count). The number of anilines is 1. The van der Waals surface area contributed by atoms with Crippen molar-refractivity contribution in [3.8, 4) is 0 Å². The van der Waals surface area contributed by atoms with E-state index in [1.807, 2.05) is 30.3 Å². The second-order valence-corrected chi connectivity index (χ2v) is 8.28. The summed E-state index contributed by atoms with van der Waals surface area (Å²) in [7, 11) is 0. The number of para-hydroxylation sites is 1. The molecule has 0 radical (unpaired) electrons. The molecule has 1 saturated heterocycles. The number of nitrogens with one attached hydrogen (secondary N) is 2. The molecule has 1 aromatic carbocycles. The lowest BCUT2D eigenvalue weighted by Crippen LogP contribution is -2.26. The first-order valence-corrected chi connectivity index (χ1v) is 9.91. The summed E-state index contributed by atoms with van der Waals surface area (Å²) in [6.07, 6.45) is 8.75. The molecule has 2 aliphatic heterocycles. The maximum Gasteiger partial charge on any atom is 0.243 e. The first-order valence-electron chi connectivity index (χ1n) is 8.22. The third-order valence-electron chi connectivity index (χ3n) is 4.26. The average Bonchev–Trinajstić information content (AvgIpc) is 3.22. The van der Waals surface area contributed by atoms with Gasteiger partial charge in [0, 0.05) is 4.91 Å². The monoisotopic (exact) mass is 357 g/mol. The van der Waals surface area contributed by atoms with Crippen LogP contribution in [0.3, 0.4) is 0 Å². The zero-order valence-electron chi connectivity index (χ0n) is 13.2. The molecule has 1 atom stereocenters. The smallest absolute Gasteiger partial charge is 0.243 e. The Labute approximate surface area is 149 Å². The Hall–Kier alpha value is -1.63. The van der Waals surface area contributed by atoms with Gasteiger partial charge in [0.15, 0.2) is 5.13 Å². The summed E-state index contributed by atoms with van der Waals surface area (Å²) in [5.74, 6) is 0.633. The van der Waals surface area contributed by atoms with Gasteiger partial charge in [-0.2, -0.15) is 0 Å². The van der Waals surface area contributed by atoms with Crippen LogP contribution < -0.4 is 10.6 Å². The Balaban J connectivity index is 1.38. The summed E-state index contributed by atoms with van der Waals surface area (Å²) in [6.45, 7) is 2.18. The van der Waals surface area contributed by atoms with Crippen LogP contribution in [0, 0.1) is 5.92 Å². The molecule has 1 amide bonds. The second-order valence-electron chi connectivity index (χ2n) is 6.03. The van der Waals surface area contributed by atoms with Gasteiger partial charge in [-0.25, -0.2) is 4.98 Å². The summed E-state index contributed by atoms with van der Waals surface area (Å²) < 4.78 is 1.09. The predicted octanol–water partition coefficient (Wildman–Crippen LogP) is 3.79. The molecular formula is C18H19N3OS2. The van der Waals surface area contributed by atoms with E-state index in [1.165, 1.54) is 29.1 Å². The first kappa shape index (κ1) is 15.9. The first-order chi connectivity index (χ1) is 11.8. The van der Waals surface area contributed by atoms with E-state index >= 15 is 0 Å². The van der Waals surface area contributed by atoms with Crippen molar-refractivity contribution in [2.24, 2.45) is 5.92 Å². The number of nitrogens with zero attached hydrogens (tertiary/aromatic N) is 1. The van der Waals surface area contributed by atoms with Crippen LogP contribution in [0.25, 0.3) is 10.2 Å². The molecule has 2 aliphatic rings. The van der Waals surface area contributed by atoms with Crippen LogP contribution in [0.2, 0.25) is 0 Å². The highest BCUT2D eigenvalue weighted by molar-refractivity contribution is 8.05. The molecule has 0 bridgehead atoms. The highest BCUT2D eigenvalue weighted by Gasteiger charge is 2.24. The molecule has 0 saturated carbocycles. The van der Waals surface area contributed by atoms with Crippen LogP contribution >= 0.6 is 23.1 Å². The van der Waals surface area contributed by atoms with Gasteiger partial charge >= 0.3 is 0 Å². The normalized spacial score (nSPS) is 23.2. The number of carbonyl (C=O) groups excluding carboxylic acids is 1. The van der Waals surface area contributed by atoms with Gasteiger partial charge in [-0.05, 0) is 44.0 Å². The zero-order valence-corrected chi connectivity index (χ0v) is 14.8. The molecule has 2 N–H and O–H groups in total. The van der Waals surface area contributed by atoms with E-state index in [0.717, 1.165) is 23.3 Å². The van der Waals surface area contributed by atoms with Crippen molar-refractivity contribution in [2.75, 3.05) is 18.4 Å². The molecule has 24 heavy (non-hydrogen) atoms. The minimum Gasteiger partial charge on any atom is -0.317 e. The minimum absolute atomic E-state index is 0.00372. The SMILES string of the molecule is O=C(Nc1nc2ccccc2s1)C1C=CC(=CC2CCNCC2)S1. The predicted molar refractivity (Wildman–Crippen MR) is 102 cm³/mol. The lowest BCUT2D eigenvalue weighted by atomic mass is 9.98. The van der Waals surface area contributed by atoms with Crippen LogP contribution in [-0.4, -0.2) is 29.2 Å². The van der Waals surface area contributed by atoms with Gasteiger partial charge in [-0.15, -0.1) is 11.8 Å². The van der Waals surface area contributed by atoms with E-state index < -0.39 is 0 Å². The summed E-state index contributed by atoms with van der Waals surface area (Å²) in [6, 6.07) is 7.93. The van der Waals surface area contributed by atoms with Crippen molar-refractivity contribution < 1.29 is 4.79 Å². The molecular weight excluding hydrogens is 338 g/mol. The van der Waals surface area contributed by atoms with E-state index in [-0.39, 0.29) is 11.2 Å². The van der Waals surface area contributed by atoms with Gasteiger partial charge in [0.2, 0.25) is 5.91 Å². The Bertz CT molecular complexity index is 772. The van der Waals surface area contributed by atoms with Crippen LogP contribution in [0.15, 0.2) is 47.4 Å². The lowest BCUT2D eigenvalue weighted by Gasteiger charge is -2.19. The molecule has 124 valence electrons. The molecule has 1 fully saturated rings. The fourth-order valence-corrected chi connectivity index (χ4v) is 4.90. The van der Waals surface area contributed by atoms with Crippen LogP contribution in [0.1, 0.15) is 12.8 Å². The minimum atomic E-state index is -0.162. The molecule has 1 unspecified atom stereocenters. The average molecular weight is 358 g/mol. The highest BCUT2D eigenvalue weighted by Crippen LogP contribution is 2.34. The molecule has 0 spiro atoms. The summed E-state index contributed by atoms with van der Waals surface area (Å²) in [5, 5.41) is 6.85. The number of rotatable bonds is 3. The standard InChI is InChI=1S/C18H19N3OS2/c22-17(21-18-20-14-3-1-2-4-15(14)24-18)16-6-5-13(23-16)11-12-7-9-19-10-8-12/h1-6,11-12,16,19H,7-10H2,(H,20,21,22). The molecule has 2 aromatic rings. The largest absolute Gasteiger partial charge is 0.317 e. The van der Waals surface area contributed by atoms with Gasteiger partial charge in [0.1, 0.15) is 5.25 Å². The van der Waals surface area contributed by atoms with Gasteiger partial charge < -0.3 is 10.6 Å². The Kier molecular flexibility index (Phi) is 4.69. The van der Waals surface area contributed by atoms with E-state index in [4.69, 9.17) is 0 Å². The van der Waals surface area contributed by atoms with Crippen LogP contribution in [0.5, 0.6) is 0 Å². The van der Waals surface area contributed by atoms with Crippen molar-refractivity contribution in [1.29, 1.82) is 0 Å². The third-order valence-corrected chi connectivity index (χ3v) is 6.39. The molecule has 6 heteroatoms. The second kappa shape index (κ2) is 7.09. The number of aromatic nitrogens is 1. The highest BCUT2D eigenvalue weighted by atomic mass is 32.2. The maximum absolute atomic E-state index is 12.5. The van der Waals surface area contributed by atoms with Crippen LogP contribution in [0.4, 0.5) is 5.13 Å². The van der Waals surface area contributed by atoms with Gasteiger partial charge in [0.25, 0.3) is 0 Å². The quantitative estimate of drug-likeness (QED) is 0.877. The van der Waals surface area contributed by atoms with Crippen molar-refractivity contribution in [1.82, 2.24) is 10.3 Å². The Morgan fingerprint density at radius 1 is 1.29 bits per heavy atom. The number of benzene rings is 1. The molecule has 4 nitrogen and oxygen atoms in total. The summed E-state index contributed by atoms with van der Waals surface area (Å²) in [5.41, 5.74) is 0.930. The number of fused-ring (bicyclic) bond motifs is 1. The number of piperidine rings is 1. The number of hydrogen-bond donors (Lipinski definition) is 2. The number of carbonyl (C=O) groups is 1.